The van der Waals surface area contributed by atoms with E-state index < -0.39 is 6.55 Å². The molecule has 0 N–H and O–H groups in total. The number of hydrogen-bond acceptors (Lipinski definition) is 5. The maximum Gasteiger partial charge on any atom is 0.333 e. The van der Waals surface area contributed by atoms with Crippen molar-refractivity contribution in [1.29, 1.82) is 0 Å². The van der Waals surface area contributed by atoms with E-state index in [9.17, 15) is 8.78 Å². The summed E-state index contributed by atoms with van der Waals surface area (Å²) in [4.78, 5) is 11.5. The van der Waals surface area contributed by atoms with Crippen LogP contribution in [0.1, 0.15) is 36.8 Å². The Kier molecular flexibility index (Phi) is 3.53. The summed E-state index contributed by atoms with van der Waals surface area (Å²) in [5, 5.41) is 9.30. The van der Waals surface area contributed by atoms with Gasteiger partial charge in [0.15, 0.2) is 5.65 Å². The van der Waals surface area contributed by atoms with E-state index >= 15 is 0 Å². The third-order valence-corrected chi connectivity index (χ3v) is 6.27. The van der Waals surface area contributed by atoms with E-state index in [1.165, 1.54) is 35.5 Å². The van der Waals surface area contributed by atoms with Crippen LogP contribution in [0.2, 0.25) is 0 Å². The molecule has 0 amide bonds. The highest BCUT2D eigenvalue weighted by Crippen LogP contribution is 2.39. The van der Waals surface area contributed by atoms with E-state index in [0.717, 1.165) is 34.6 Å². The number of fused-ring (bicyclic) bond motifs is 5. The van der Waals surface area contributed by atoms with Gasteiger partial charge in [-0.15, -0.1) is 16.4 Å². The molecule has 9 heteroatoms. The summed E-state index contributed by atoms with van der Waals surface area (Å²) in [5.74, 6) is 1.07. The highest BCUT2D eigenvalue weighted by molar-refractivity contribution is 7.19. The summed E-state index contributed by atoms with van der Waals surface area (Å²) < 4.78 is 27.8. The lowest BCUT2D eigenvalue weighted by atomic mass is 9.86. The van der Waals surface area contributed by atoms with Crippen molar-refractivity contribution >= 4 is 27.2 Å². The molecule has 0 saturated carbocycles. The first-order valence-corrected chi connectivity index (χ1v) is 9.45. The molecule has 134 valence electrons. The molecule has 1 atom stereocenters. The van der Waals surface area contributed by atoms with Crippen LogP contribution in [0.5, 0.6) is 0 Å². The molecule has 0 saturated heterocycles. The molecule has 0 bridgehead atoms. The Labute approximate surface area is 151 Å². The summed E-state index contributed by atoms with van der Waals surface area (Å²) in [6.45, 7) is -0.437. The lowest BCUT2D eigenvalue weighted by Gasteiger charge is -2.20. The number of thiophene rings is 1. The third-order valence-electron chi connectivity index (χ3n) is 5.10. The second-order valence-electron chi connectivity index (χ2n) is 6.61. The fraction of sp³-hybridized carbons (Fsp3) is 0.412. The van der Waals surface area contributed by atoms with Gasteiger partial charge in [-0.25, -0.2) is 19.2 Å². The van der Waals surface area contributed by atoms with Crippen molar-refractivity contribution < 1.29 is 8.78 Å². The standard InChI is InChI=1S/C17H16F2N6S/c1-2-9-3-4-10-12(7-9)26-16-13(10)15-21-14(23-25(15)8-20-16)11-5-6-24(22-11)17(18)19/h5-6,8-9,17H,2-4,7H2,1H3. The second-order valence-corrected chi connectivity index (χ2v) is 7.69. The highest BCUT2D eigenvalue weighted by atomic mass is 32.1. The molecule has 4 aromatic rings. The zero-order valence-corrected chi connectivity index (χ0v) is 14.9. The lowest BCUT2D eigenvalue weighted by molar-refractivity contribution is 0.0568. The molecular formula is C17H16F2N6S. The van der Waals surface area contributed by atoms with Crippen molar-refractivity contribution in [1.82, 2.24) is 29.4 Å². The average Bonchev–Trinajstić information content (AvgIpc) is 3.35. The summed E-state index contributed by atoms with van der Waals surface area (Å²) in [6.07, 6.45) is 7.36. The Hall–Kier alpha value is -2.42. The second kappa shape index (κ2) is 5.80. The Bertz CT molecular complexity index is 1110. The quantitative estimate of drug-likeness (QED) is 0.541. The summed E-state index contributed by atoms with van der Waals surface area (Å²) in [7, 11) is 0. The van der Waals surface area contributed by atoms with Crippen LogP contribution in [0, 0.1) is 5.92 Å². The van der Waals surface area contributed by atoms with Crippen molar-refractivity contribution in [2.75, 3.05) is 0 Å². The van der Waals surface area contributed by atoms with Gasteiger partial charge in [0.25, 0.3) is 0 Å². The monoisotopic (exact) mass is 374 g/mol. The van der Waals surface area contributed by atoms with Crippen LogP contribution < -0.4 is 0 Å². The molecule has 26 heavy (non-hydrogen) atoms. The van der Waals surface area contributed by atoms with E-state index in [4.69, 9.17) is 0 Å². The molecule has 0 spiro atoms. The number of hydrogen-bond donors (Lipinski definition) is 0. The normalized spacial score (nSPS) is 17.5. The van der Waals surface area contributed by atoms with Gasteiger partial charge in [0.2, 0.25) is 5.82 Å². The number of halogens is 2. The molecule has 1 aliphatic carbocycles. The molecule has 6 nitrogen and oxygen atoms in total. The minimum absolute atomic E-state index is 0.331. The fourth-order valence-corrected chi connectivity index (χ4v) is 4.96. The zero-order valence-electron chi connectivity index (χ0n) is 14.1. The van der Waals surface area contributed by atoms with E-state index in [1.54, 1.807) is 22.2 Å². The first-order valence-electron chi connectivity index (χ1n) is 8.63. The van der Waals surface area contributed by atoms with Crippen LogP contribution in [0.3, 0.4) is 0 Å². The number of aryl methyl sites for hydroxylation is 1. The van der Waals surface area contributed by atoms with Gasteiger partial charge >= 0.3 is 6.55 Å². The molecule has 1 aliphatic rings. The predicted octanol–water partition coefficient (Wildman–Crippen LogP) is 4.11. The summed E-state index contributed by atoms with van der Waals surface area (Å²) in [6, 6.07) is 1.50. The van der Waals surface area contributed by atoms with Crippen molar-refractivity contribution in [3.8, 4) is 11.5 Å². The van der Waals surface area contributed by atoms with Gasteiger partial charge < -0.3 is 0 Å². The van der Waals surface area contributed by atoms with Gasteiger partial charge in [0.05, 0.1) is 5.39 Å². The first kappa shape index (κ1) is 15.8. The van der Waals surface area contributed by atoms with Crippen LogP contribution >= 0.6 is 11.3 Å². The summed E-state index contributed by atoms with van der Waals surface area (Å²) >= 11 is 1.74. The molecular weight excluding hydrogens is 358 g/mol. The molecule has 0 aliphatic heterocycles. The van der Waals surface area contributed by atoms with Crippen LogP contribution in [-0.4, -0.2) is 29.4 Å². The molecule has 4 aromatic heterocycles. The maximum absolute atomic E-state index is 12.8. The first-order chi connectivity index (χ1) is 12.6. The average molecular weight is 374 g/mol. The van der Waals surface area contributed by atoms with Crippen molar-refractivity contribution in [2.24, 2.45) is 5.92 Å². The molecule has 5 rings (SSSR count). The lowest BCUT2D eigenvalue weighted by Crippen LogP contribution is -2.11. The summed E-state index contributed by atoms with van der Waals surface area (Å²) in [5.41, 5.74) is 2.38. The van der Waals surface area contributed by atoms with Gasteiger partial charge in [0, 0.05) is 11.1 Å². The van der Waals surface area contributed by atoms with Crippen LogP contribution in [-0.2, 0) is 12.8 Å². The number of nitrogens with zero attached hydrogens (tertiary/aromatic N) is 6. The maximum atomic E-state index is 12.8. The molecule has 0 aromatic carbocycles. The Morgan fingerprint density at radius 1 is 1.35 bits per heavy atom. The van der Waals surface area contributed by atoms with Crippen LogP contribution in [0.15, 0.2) is 18.6 Å². The SMILES string of the molecule is CCC1CCc2c(sc3ncn4nc(-c5ccn(C(F)F)n5)nc4c23)C1. The van der Waals surface area contributed by atoms with Gasteiger partial charge in [-0.1, -0.05) is 13.3 Å². The van der Waals surface area contributed by atoms with Crippen molar-refractivity contribution in [2.45, 2.75) is 39.2 Å². The Morgan fingerprint density at radius 3 is 3.00 bits per heavy atom. The fourth-order valence-electron chi connectivity index (χ4n) is 3.67. The van der Waals surface area contributed by atoms with Crippen LogP contribution in [0.4, 0.5) is 8.78 Å². The van der Waals surface area contributed by atoms with Crippen molar-refractivity contribution in [3.05, 3.63) is 29.0 Å². The predicted molar refractivity (Wildman–Crippen MR) is 94.4 cm³/mol. The topological polar surface area (TPSA) is 60.9 Å². The van der Waals surface area contributed by atoms with Crippen molar-refractivity contribution in [3.63, 3.8) is 0 Å². The molecule has 0 fully saturated rings. The number of aromatic nitrogens is 6. The minimum Gasteiger partial charge on any atom is -0.225 e. The Balaban J connectivity index is 1.66. The van der Waals surface area contributed by atoms with E-state index in [-0.39, 0.29) is 0 Å². The molecule has 1 unspecified atom stereocenters. The molecule has 4 heterocycles. The number of alkyl halides is 2. The molecule has 0 radical (unpaired) electrons. The van der Waals surface area contributed by atoms with E-state index in [2.05, 4.69) is 27.1 Å². The van der Waals surface area contributed by atoms with Crippen LogP contribution in [0.25, 0.3) is 27.4 Å². The van der Waals surface area contributed by atoms with Gasteiger partial charge in [0.1, 0.15) is 16.9 Å². The van der Waals surface area contributed by atoms with Gasteiger partial charge in [-0.2, -0.15) is 13.9 Å². The van der Waals surface area contributed by atoms with Gasteiger partial charge in [-0.05, 0) is 36.8 Å². The third kappa shape index (κ3) is 2.33. The largest absolute Gasteiger partial charge is 0.333 e. The van der Waals surface area contributed by atoms with E-state index in [0.29, 0.717) is 16.2 Å². The van der Waals surface area contributed by atoms with Gasteiger partial charge in [-0.3, -0.25) is 0 Å². The highest BCUT2D eigenvalue weighted by Gasteiger charge is 2.25. The minimum atomic E-state index is -2.68. The van der Waals surface area contributed by atoms with E-state index in [1.807, 2.05) is 0 Å². The zero-order chi connectivity index (χ0) is 17.8. The number of rotatable bonds is 3. The smallest absolute Gasteiger partial charge is 0.225 e. The Morgan fingerprint density at radius 2 is 2.23 bits per heavy atom.